The molecule has 2 aromatic carbocycles. The molecule has 0 atom stereocenters. The molecule has 0 unspecified atom stereocenters. The summed E-state index contributed by atoms with van der Waals surface area (Å²) in [5, 5.41) is 5.65. The van der Waals surface area contributed by atoms with Gasteiger partial charge in [0.05, 0.1) is 13.0 Å². The highest BCUT2D eigenvalue weighted by Gasteiger charge is 2.08. The number of aryl methyl sites for hydroxylation is 1. The molecule has 0 saturated carbocycles. The Kier molecular flexibility index (Phi) is 7.68. The minimum absolute atomic E-state index is 0.0855. The van der Waals surface area contributed by atoms with Crippen molar-refractivity contribution in [1.29, 1.82) is 0 Å². The van der Waals surface area contributed by atoms with E-state index < -0.39 is 0 Å². The maximum atomic E-state index is 12.1. The summed E-state index contributed by atoms with van der Waals surface area (Å²) in [4.78, 5) is 23.9. The van der Waals surface area contributed by atoms with E-state index >= 15 is 0 Å². The highest BCUT2D eigenvalue weighted by atomic mass is 16.5. The van der Waals surface area contributed by atoms with Gasteiger partial charge in [-0.2, -0.15) is 0 Å². The predicted molar refractivity (Wildman–Crippen MR) is 103 cm³/mol. The predicted octanol–water partition coefficient (Wildman–Crippen LogP) is 3.47. The summed E-state index contributed by atoms with van der Waals surface area (Å²) in [7, 11) is 0. The van der Waals surface area contributed by atoms with Crippen LogP contribution >= 0.6 is 0 Å². The van der Waals surface area contributed by atoms with Gasteiger partial charge >= 0.3 is 0 Å². The zero-order valence-corrected chi connectivity index (χ0v) is 15.4. The number of anilines is 1. The number of benzene rings is 2. The van der Waals surface area contributed by atoms with Crippen LogP contribution in [0.25, 0.3) is 0 Å². The quantitative estimate of drug-likeness (QED) is 0.724. The zero-order valence-electron chi connectivity index (χ0n) is 15.4. The molecule has 0 radical (unpaired) electrons. The first-order valence-corrected chi connectivity index (χ1v) is 8.92. The summed E-state index contributed by atoms with van der Waals surface area (Å²) in [6, 6.07) is 15.1. The first-order chi connectivity index (χ1) is 12.6. The minimum Gasteiger partial charge on any atom is -0.494 e. The molecule has 2 N–H and O–H groups in total. The van der Waals surface area contributed by atoms with Gasteiger partial charge < -0.3 is 15.4 Å². The van der Waals surface area contributed by atoms with Gasteiger partial charge in [0.1, 0.15) is 5.75 Å². The summed E-state index contributed by atoms with van der Waals surface area (Å²) >= 11 is 0. The van der Waals surface area contributed by atoms with Crippen LogP contribution in [0.1, 0.15) is 30.9 Å². The smallest absolute Gasteiger partial charge is 0.226 e. The normalized spacial score (nSPS) is 10.2. The second-order valence-electron chi connectivity index (χ2n) is 6.14. The fraction of sp³-hybridized carbons (Fsp3) is 0.333. The maximum absolute atomic E-state index is 12.1. The Morgan fingerprint density at radius 1 is 1.04 bits per heavy atom. The molecule has 26 heavy (non-hydrogen) atoms. The molecule has 0 aliphatic carbocycles. The molecular formula is C21H26N2O3. The number of nitrogens with one attached hydrogen (secondary N) is 2. The lowest BCUT2D eigenvalue weighted by Crippen LogP contribution is -2.28. The van der Waals surface area contributed by atoms with Crippen LogP contribution in [0, 0.1) is 6.92 Å². The van der Waals surface area contributed by atoms with Crippen molar-refractivity contribution < 1.29 is 14.3 Å². The Morgan fingerprint density at radius 3 is 2.50 bits per heavy atom. The molecule has 2 rings (SSSR count). The second kappa shape index (κ2) is 10.2. The third-order valence-corrected chi connectivity index (χ3v) is 3.83. The molecule has 138 valence electrons. The second-order valence-corrected chi connectivity index (χ2v) is 6.14. The molecule has 0 fully saturated rings. The van der Waals surface area contributed by atoms with E-state index in [4.69, 9.17) is 4.74 Å². The number of hydrogen-bond donors (Lipinski definition) is 2. The first-order valence-electron chi connectivity index (χ1n) is 8.92. The Morgan fingerprint density at radius 2 is 1.81 bits per heavy atom. The van der Waals surface area contributed by atoms with Crippen LogP contribution in [0.4, 0.5) is 5.69 Å². The average molecular weight is 354 g/mol. The average Bonchev–Trinajstić information content (AvgIpc) is 2.63. The Bertz CT molecular complexity index is 729. The topological polar surface area (TPSA) is 67.4 Å². The molecule has 0 bridgehead atoms. The van der Waals surface area contributed by atoms with E-state index in [1.807, 2.05) is 55.5 Å². The summed E-state index contributed by atoms with van der Waals surface area (Å²) in [5.41, 5.74) is 2.66. The molecule has 0 saturated heterocycles. The van der Waals surface area contributed by atoms with Gasteiger partial charge in [-0.1, -0.05) is 37.3 Å². The van der Waals surface area contributed by atoms with Crippen LogP contribution in [-0.2, 0) is 16.0 Å². The molecule has 5 heteroatoms. The van der Waals surface area contributed by atoms with Crippen molar-refractivity contribution in [2.24, 2.45) is 0 Å². The summed E-state index contributed by atoms with van der Waals surface area (Å²) in [5.74, 6) is 0.587. The summed E-state index contributed by atoms with van der Waals surface area (Å²) < 4.78 is 5.58. The van der Waals surface area contributed by atoms with E-state index in [-0.39, 0.29) is 18.2 Å². The molecule has 0 aliphatic rings. The largest absolute Gasteiger partial charge is 0.494 e. The fourth-order valence-corrected chi connectivity index (χ4v) is 2.46. The van der Waals surface area contributed by atoms with Crippen molar-refractivity contribution in [3.8, 4) is 5.75 Å². The number of rotatable bonds is 9. The molecule has 0 spiro atoms. The van der Waals surface area contributed by atoms with E-state index in [1.54, 1.807) is 0 Å². The SMILES string of the molecule is CCCOc1ccc(NC(=O)CCNC(=O)Cc2ccccc2)c(C)c1. The van der Waals surface area contributed by atoms with E-state index in [0.717, 1.165) is 29.0 Å². The number of hydrogen-bond acceptors (Lipinski definition) is 3. The summed E-state index contributed by atoms with van der Waals surface area (Å²) in [6.45, 7) is 4.97. The Labute approximate surface area is 154 Å². The van der Waals surface area contributed by atoms with Gasteiger partial charge in [0, 0.05) is 18.7 Å². The van der Waals surface area contributed by atoms with Crippen molar-refractivity contribution in [1.82, 2.24) is 5.32 Å². The molecular weight excluding hydrogens is 328 g/mol. The van der Waals surface area contributed by atoms with Crippen LogP contribution in [0.2, 0.25) is 0 Å². The van der Waals surface area contributed by atoms with Gasteiger partial charge in [0.25, 0.3) is 0 Å². The van der Waals surface area contributed by atoms with Gasteiger partial charge in [-0.05, 0) is 42.7 Å². The van der Waals surface area contributed by atoms with Gasteiger partial charge in [0.2, 0.25) is 11.8 Å². The third-order valence-electron chi connectivity index (χ3n) is 3.83. The fourth-order valence-electron chi connectivity index (χ4n) is 2.46. The highest BCUT2D eigenvalue weighted by Crippen LogP contribution is 2.21. The minimum atomic E-state index is -0.129. The van der Waals surface area contributed by atoms with E-state index in [1.165, 1.54) is 0 Å². The third kappa shape index (κ3) is 6.59. The van der Waals surface area contributed by atoms with Crippen LogP contribution in [0.5, 0.6) is 5.75 Å². The molecule has 0 heterocycles. The molecule has 0 aliphatic heterocycles. The van der Waals surface area contributed by atoms with Crippen LogP contribution in [0.3, 0.4) is 0 Å². The lowest BCUT2D eigenvalue weighted by atomic mass is 10.1. The lowest BCUT2D eigenvalue weighted by Gasteiger charge is -2.11. The van der Waals surface area contributed by atoms with Crippen LogP contribution in [0.15, 0.2) is 48.5 Å². The van der Waals surface area contributed by atoms with Crippen molar-refractivity contribution in [2.75, 3.05) is 18.5 Å². The number of carbonyl (C=O) groups is 2. The van der Waals surface area contributed by atoms with Gasteiger partial charge in [-0.25, -0.2) is 0 Å². The number of ether oxygens (including phenoxy) is 1. The molecule has 5 nitrogen and oxygen atoms in total. The van der Waals surface area contributed by atoms with Gasteiger partial charge in [-0.15, -0.1) is 0 Å². The van der Waals surface area contributed by atoms with Crippen molar-refractivity contribution in [2.45, 2.75) is 33.1 Å². The number of amides is 2. The standard InChI is InChI=1S/C21H26N2O3/c1-3-13-26-18-9-10-19(16(2)14-18)23-20(24)11-12-22-21(25)15-17-7-5-4-6-8-17/h4-10,14H,3,11-13,15H2,1-2H3,(H,22,25)(H,23,24). The number of carbonyl (C=O) groups excluding carboxylic acids is 2. The van der Waals surface area contributed by atoms with Crippen LogP contribution in [-0.4, -0.2) is 25.0 Å². The van der Waals surface area contributed by atoms with Crippen LogP contribution < -0.4 is 15.4 Å². The first kappa shape index (κ1) is 19.5. The lowest BCUT2D eigenvalue weighted by molar-refractivity contribution is -0.120. The van der Waals surface area contributed by atoms with Gasteiger partial charge in [0.15, 0.2) is 0 Å². The zero-order chi connectivity index (χ0) is 18.8. The van der Waals surface area contributed by atoms with Gasteiger partial charge in [-0.3, -0.25) is 9.59 Å². The molecule has 0 aromatic heterocycles. The van der Waals surface area contributed by atoms with Crippen molar-refractivity contribution in [3.63, 3.8) is 0 Å². The van der Waals surface area contributed by atoms with Crippen molar-refractivity contribution in [3.05, 3.63) is 59.7 Å². The highest BCUT2D eigenvalue weighted by molar-refractivity contribution is 5.92. The van der Waals surface area contributed by atoms with E-state index in [2.05, 4.69) is 17.6 Å². The molecule has 2 amide bonds. The Balaban J connectivity index is 1.74. The monoisotopic (exact) mass is 354 g/mol. The maximum Gasteiger partial charge on any atom is 0.226 e. The van der Waals surface area contributed by atoms with E-state index in [9.17, 15) is 9.59 Å². The molecule has 2 aromatic rings. The van der Waals surface area contributed by atoms with Crippen molar-refractivity contribution >= 4 is 17.5 Å². The van der Waals surface area contributed by atoms with E-state index in [0.29, 0.717) is 19.6 Å². The summed E-state index contributed by atoms with van der Waals surface area (Å²) in [6.07, 6.45) is 1.50. The Hall–Kier alpha value is -2.82.